The van der Waals surface area contributed by atoms with Crippen LogP contribution in [0.15, 0.2) is 0 Å². The summed E-state index contributed by atoms with van der Waals surface area (Å²) in [6.07, 6.45) is 5.80. The molecular formula is C14H25N3O4. The Hall–Kier alpha value is -1.79. The average molecular weight is 299 g/mol. The molecule has 0 aliphatic heterocycles. The molecule has 0 unspecified atom stereocenters. The minimum absolute atomic E-state index is 0.00761. The Kier molecular flexibility index (Phi) is 6.98. The number of amides is 3. The standard InChI is InChI=1S/C14H25N3O4/c1-17(9-10-5-3-2-4-6-10)14(21)16-11(13(19)20)7-8-12(15)18/h10-11H,2-9H2,1H3,(H2,15,18)(H,16,21)(H,19,20)/t11-/m0/s1. The molecule has 1 saturated carbocycles. The molecule has 1 fully saturated rings. The van der Waals surface area contributed by atoms with E-state index in [4.69, 9.17) is 10.8 Å². The number of carboxylic acids is 1. The van der Waals surface area contributed by atoms with Crippen molar-refractivity contribution in [3.8, 4) is 0 Å². The van der Waals surface area contributed by atoms with Gasteiger partial charge in [-0.15, -0.1) is 0 Å². The van der Waals surface area contributed by atoms with Gasteiger partial charge in [0.15, 0.2) is 0 Å². The first-order chi connectivity index (χ1) is 9.90. The topological polar surface area (TPSA) is 113 Å². The van der Waals surface area contributed by atoms with Crippen LogP contribution in [0.25, 0.3) is 0 Å². The van der Waals surface area contributed by atoms with Crippen molar-refractivity contribution >= 4 is 17.9 Å². The summed E-state index contributed by atoms with van der Waals surface area (Å²) in [4.78, 5) is 35.3. The summed E-state index contributed by atoms with van der Waals surface area (Å²) < 4.78 is 0. The van der Waals surface area contributed by atoms with E-state index < -0.39 is 23.9 Å². The number of hydrogen-bond acceptors (Lipinski definition) is 3. The number of nitrogens with zero attached hydrogens (tertiary/aromatic N) is 1. The zero-order valence-corrected chi connectivity index (χ0v) is 12.5. The van der Waals surface area contributed by atoms with Gasteiger partial charge in [0.25, 0.3) is 0 Å². The largest absolute Gasteiger partial charge is 0.480 e. The fourth-order valence-corrected chi connectivity index (χ4v) is 2.64. The fraction of sp³-hybridized carbons (Fsp3) is 0.786. The maximum absolute atomic E-state index is 12.0. The maximum atomic E-state index is 12.0. The molecule has 4 N–H and O–H groups in total. The molecule has 0 aromatic carbocycles. The second-order valence-electron chi connectivity index (χ2n) is 5.73. The molecule has 7 heteroatoms. The number of carbonyl (C=O) groups is 3. The highest BCUT2D eigenvalue weighted by atomic mass is 16.4. The first-order valence-corrected chi connectivity index (χ1v) is 7.43. The molecule has 0 spiro atoms. The third-order valence-electron chi connectivity index (χ3n) is 3.88. The van der Waals surface area contributed by atoms with Crippen molar-refractivity contribution < 1.29 is 19.5 Å². The van der Waals surface area contributed by atoms with E-state index in [0.29, 0.717) is 12.5 Å². The van der Waals surface area contributed by atoms with Crippen molar-refractivity contribution in [2.75, 3.05) is 13.6 Å². The second kappa shape index (κ2) is 8.49. The van der Waals surface area contributed by atoms with Gasteiger partial charge in [-0.1, -0.05) is 19.3 Å². The molecule has 1 rings (SSSR count). The van der Waals surface area contributed by atoms with Crippen LogP contribution in [-0.4, -0.2) is 47.5 Å². The SMILES string of the molecule is CN(CC1CCCCC1)C(=O)N[C@@H](CCC(N)=O)C(=O)O. The number of nitrogens with two attached hydrogens (primary N) is 1. The number of urea groups is 1. The van der Waals surface area contributed by atoms with Crippen molar-refractivity contribution in [2.24, 2.45) is 11.7 Å². The predicted molar refractivity (Wildman–Crippen MR) is 77.6 cm³/mol. The van der Waals surface area contributed by atoms with Gasteiger partial charge in [-0.3, -0.25) is 4.79 Å². The number of rotatable bonds is 7. The molecule has 1 aliphatic carbocycles. The van der Waals surface area contributed by atoms with Crippen molar-refractivity contribution in [2.45, 2.75) is 51.0 Å². The summed E-state index contributed by atoms with van der Waals surface area (Å²) in [6, 6.07) is -1.50. The van der Waals surface area contributed by atoms with Crippen molar-refractivity contribution in [1.29, 1.82) is 0 Å². The van der Waals surface area contributed by atoms with Crippen molar-refractivity contribution in [3.63, 3.8) is 0 Å². The van der Waals surface area contributed by atoms with Crippen LogP contribution in [0.4, 0.5) is 4.79 Å². The molecule has 0 heterocycles. The molecule has 0 radical (unpaired) electrons. The van der Waals surface area contributed by atoms with E-state index in [2.05, 4.69) is 5.32 Å². The third kappa shape index (κ3) is 6.46. The number of primary amides is 1. The van der Waals surface area contributed by atoms with Crippen molar-refractivity contribution in [1.82, 2.24) is 10.2 Å². The Bertz CT molecular complexity index is 380. The number of nitrogens with one attached hydrogen (secondary N) is 1. The van der Waals surface area contributed by atoms with Gasteiger partial charge in [0.05, 0.1) is 0 Å². The Morgan fingerprint density at radius 2 is 1.90 bits per heavy atom. The summed E-state index contributed by atoms with van der Waals surface area (Å²) in [5, 5.41) is 11.5. The van der Waals surface area contributed by atoms with Gasteiger partial charge in [-0.05, 0) is 25.2 Å². The summed E-state index contributed by atoms with van der Waals surface area (Å²) in [6.45, 7) is 0.633. The molecule has 1 aliphatic rings. The number of aliphatic carboxylic acids is 1. The van der Waals surface area contributed by atoms with Gasteiger partial charge in [0, 0.05) is 20.0 Å². The highest BCUT2D eigenvalue weighted by Crippen LogP contribution is 2.24. The van der Waals surface area contributed by atoms with Crippen LogP contribution in [-0.2, 0) is 9.59 Å². The summed E-state index contributed by atoms with van der Waals surface area (Å²) >= 11 is 0. The van der Waals surface area contributed by atoms with Gasteiger partial charge in [-0.2, -0.15) is 0 Å². The molecule has 1 atom stereocenters. The van der Waals surface area contributed by atoms with Crippen molar-refractivity contribution in [3.05, 3.63) is 0 Å². The lowest BCUT2D eigenvalue weighted by molar-refractivity contribution is -0.139. The van der Waals surface area contributed by atoms with Gasteiger partial charge in [0.2, 0.25) is 5.91 Å². The minimum atomic E-state index is -1.16. The lowest BCUT2D eigenvalue weighted by atomic mass is 9.89. The first-order valence-electron chi connectivity index (χ1n) is 7.43. The average Bonchev–Trinajstić information content (AvgIpc) is 2.43. The molecule has 0 aromatic heterocycles. The molecule has 120 valence electrons. The van der Waals surface area contributed by atoms with Gasteiger partial charge in [-0.25, -0.2) is 9.59 Å². The highest BCUT2D eigenvalue weighted by molar-refractivity contribution is 5.83. The van der Waals surface area contributed by atoms with Crippen LogP contribution >= 0.6 is 0 Å². The van der Waals surface area contributed by atoms with Crippen LogP contribution in [0.1, 0.15) is 44.9 Å². The monoisotopic (exact) mass is 299 g/mol. The van der Waals surface area contributed by atoms with E-state index in [1.807, 2.05) is 0 Å². The van der Waals surface area contributed by atoms with Gasteiger partial charge < -0.3 is 21.1 Å². The number of carboxylic acid groups (broad SMARTS) is 1. The zero-order valence-electron chi connectivity index (χ0n) is 12.5. The Balaban J connectivity index is 2.43. The van der Waals surface area contributed by atoms with E-state index in [-0.39, 0.29) is 12.8 Å². The number of carbonyl (C=O) groups excluding carboxylic acids is 2. The molecule has 7 nitrogen and oxygen atoms in total. The summed E-state index contributed by atoms with van der Waals surface area (Å²) in [5.74, 6) is -1.25. The molecule has 3 amide bonds. The smallest absolute Gasteiger partial charge is 0.326 e. The van der Waals surface area contributed by atoms with Crippen LogP contribution in [0.3, 0.4) is 0 Å². The zero-order chi connectivity index (χ0) is 15.8. The highest BCUT2D eigenvalue weighted by Gasteiger charge is 2.24. The minimum Gasteiger partial charge on any atom is -0.480 e. The quantitative estimate of drug-likeness (QED) is 0.649. The van der Waals surface area contributed by atoms with Crippen LogP contribution < -0.4 is 11.1 Å². The Morgan fingerprint density at radius 3 is 2.43 bits per heavy atom. The Morgan fingerprint density at radius 1 is 1.29 bits per heavy atom. The van der Waals surface area contributed by atoms with Crippen LogP contribution in [0, 0.1) is 5.92 Å². The van der Waals surface area contributed by atoms with Gasteiger partial charge in [0.1, 0.15) is 6.04 Å². The van der Waals surface area contributed by atoms with E-state index >= 15 is 0 Å². The summed E-state index contributed by atoms with van der Waals surface area (Å²) in [7, 11) is 1.66. The van der Waals surface area contributed by atoms with E-state index in [9.17, 15) is 14.4 Å². The normalized spacial score (nSPS) is 17.0. The molecule has 0 saturated heterocycles. The Labute approximate surface area is 124 Å². The van der Waals surface area contributed by atoms with Crippen LogP contribution in [0.5, 0.6) is 0 Å². The lowest BCUT2D eigenvalue weighted by Gasteiger charge is -2.28. The van der Waals surface area contributed by atoms with Crippen LogP contribution in [0.2, 0.25) is 0 Å². The fourth-order valence-electron chi connectivity index (χ4n) is 2.64. The van der Waals surface area contributed by atoms with E-state index in [0.717, 1.165) is 12.8 Å². The molecular weight excluding hydrogens is 274 g/mol. The molecule has 0 aromatic rings. The maximum Gasteiger partial charge on any atom is 0.326 e. The van der Waals surface area contributed by atoms with E-state index in [1.165, 1.54) is 24.2 Å². The van der Waals surface area contributed by atoms with E-state index in [1.54, 1.807) is 7.05 Å². The first kappa shape index (κ1) is 17.3. The second-order valence-corrected chi connectivity index (χ2v) is 5.73. The molecule has 0 bridgehead atoms. The third-order valence-corrected chi connectivity index (χ3v) is 3.88. The summed E-state index contributed by atoms with van der Waals surface area (Å²) in [5.41, 5.74) is 5.00. The predicted octanol–water partition coefficient (Wildman–Crippen LogP) is 0.927. The molecule has 21 heavy (non-hydrogen) atoms. The lowest BCUT2D eigenvalue weighted by Crippen LogP contribution is -2.48. The number of hydrogen-bond donors (Lipinski definition) is 3. The van der Waals surface area contributed by atoms with Gasteiger partial charge >= 0.3 is 12.0 Å².